The van der Waals surface area contributed by atoms with E-state index in [-0.39, 0.29) is 0 Å². The Kier molecular flexibility index (Phi) is 11.0. The number of rotatable bonds is 12. The van der Waals surface area contributed by atoms with Crippen LogP contribution in [-0.2, 0) is 11.3 Å². The van der Waals surface area contributed by atoms with Crippen molar-refractivity contribution in [3.8, 4) is 0 Å². The molecular weight excluding hydrogens is 278 g/mol. The van der Waals surface area contributed by atoms with Crippen LogP contribution in [0.5, 0.6) is 0 Å². The Morgan fingerprint density at radius 2 is 2.05 bits per heavy atom. The summed E-state index contributed by atoms with van der Waals surface area (Å²) in [6.45, 7) is 9.40. The second kappa shape index (κ2) is 13.1. The lowest BCUT2D eigenvalue weighted by Crippen LogP contribution is -2.38. The van der Waals surface area contributed by atoms with Crippen LogP contribution in [-0.4, -0.2) is 48.6 Å². The highest BCUT2D eigenvalue weighted by atomic mass is 16.5. The molecule has 0 bridgehead atoms. The van der Waals surface area contributed by atoms with E-state index in [1.807, 2.05) is 16.9 Å². The molecule has 0 fully saturated rings. The quantitative estimate of drug-likeness (QED) is 0.352. The zero-order valence-electron chi connectivity index (χ0n) is 14.1. The zero-order chi connectivity index (χ0) is 15.9. The molecule has 0 saturated carbocycles. The maximum absolute atomic E-state index is 5.55. The monoisotopic (exact) mass is 309 g/mol. The molecule has 2 N–H and O–H groups in total. The smallest absolute Gasteiger partial charge is 0.191 e. The van der Waals surface area contributed by atoms with E-state index in [4.69, 9.17) is 4.74 Å². The van der Waals surface area contributed by atoms with Crippen molar-refractivity contribution in [1.82, 2.24) is 20.4 Å². The van der Waals surface area contributed by atoms with Crippen LogP contribution in [0.2, 0.25) is 0 Å². The minimum Gasteiger partial charge on any atom is -0.381 e. The third-order valence-electron chi connectivity index (χ3n) is 3.12. The lowest BCUT2D eigenvalue weighted by atomic mass is 10.4. The Morgan fingerprint density at radius 3 is 2.77 bits per heavy atom. The molecule has 0 aliphatic carbocycles. The molecule has 1 aromatic heterocycles. The van der Waals surface area contributed by atoms with Gasteiger partial charge in [-0.05, 0) is 32.3 Å². The lowest BCUT2D eigenvalue weighted by Gasteiger charge is -2.11. The number of unbranched alkanes of at least 4 members (excludes halogenated alkanes) is 1. The van der Waals surface area contributed by atoms with E-state index in [0.29, 0.717) is 0 Å². The molecule has 1 heterocycles. The second-order valence-electron chi connectivity index (χ2n) is 5.13. The van der Waals surface area contributed by atoms with Gasteiger partial charge >= 0.3 is 0 Å². The zero-order valence-corrected chi connectivity index (χ0v) is 14.1. The summed E-state index contributed by atoms with van der Waals surface area (Å²) < 4.78 is 7.48. The number of aliphatic imine (C=N–C) groups is 1. The third kappa shape index (κ3) is 9.39. The summed E-state index contributed by atoms with van der Waals surface area (Å²) >= 11 is 0. The fourth-order valence-electron chi connectivity index (χ4n) is 1.93. The van der Waals surface area contributed by atoms with Gasteiger partial charge in [0.1, 0.15) is 0 Å². The summed E-state index contributed by atoms with van der Waals surface area (Å²) in [6, 6.07) is 1.94. The summed E-state index contributed by atoms with van der Waals surface area (Å²) in [6.07, 6.45) is 8.10. The van der Waals surface area contributed by atoms with Crippen LogP contribution in [0.1, 0.15) is 39.5 Å². The van der Waals surface area contributed by atoms with Gasteiger partial charge in [0, 0.05) is 51.8 Å². The van der Waals surface area contributed by atoms with Gasteiger partial charge < -0.3 is 15.4 Å². The predicted octanol–water partition coefficient (Wildman–Crippen LogP) is 2.04. The molecule has 0 saturated heterocycles. The minimum absolute atomic E-state index is 0.794. The van der Waals surface area contributed by atoms with Crippen LogP contribution in [0.15, 0.2) is 23.5 Å². The number of aromatic nitrogens is 2. The molecule has 1 aromatic rings. The van der Waals surface area contributed by atoms with Crippen molar-refractivity contribution in [3.63, 3.8) is 0 Å². The molecule has 0 aliphatic rings. The molecule has 0 radical (unpaired) electrons. The molecule has 0 aromatic carbocycles. The highest BCUT2D eigenvalue weighted by Gasteiger charge is 1.97. The van der Waals surface area contributed by atoms with E-state index in [2.05, 4.69) is 34.6 Å². The highest BCUT2D eigenvalue weighted by Crippen LogP contribution is 1.91. The number of nitrogens with one attached hydrogen (secondary N) is 2. The second-order valence-corrected chi connectivity index (χ2v) is 5.13. The van der Waals surface area contributed by atoms with Crippen LogP contribution in [0, 0.1) is 0 Å². The molecule has 0 atom stereocenters. The number of guanidine groups is 1. The fourth-order valence-corrected chi connectivity index (χ4v) is 1.93. The van der Waals surface area contributed by atoms with Crippen LogP contribution in [0.25, 0.3) is 0 Å². The van der Waals surface area contributed by atoms with Crippen molar-refractivity contribution < 1.29 is 4.74 Å². The van der Waals surface area contributed by atoms with Crippen molar-refractivity contribution >= 4 is 5.96 Å². The predicted molar refractivity (Wildman–Crippen MR) is 91.2 cm³/mol. The van der Waals surface area contributed by atoms with E-state index in [1.165, 1.54) is 6.42 Å². The Hall–Kier alpha value is -1.56. The van der Waals surface area contributed by atoms with Gasteiger partial charge in [0.15, 0.2) is 5.96 Å². The minimum atomic E-state index is 0.794. The topological polar surface area (TPSA) is 63.5 Å². The number of ether oxygens (including phenoxy) is 1. The largest absolute Gasteiger partial charge is 0.381 e. The van der Waals surface area contributed by atoms with E-state index in [0.717, 1.165) is 64.6 Å². The number of hydrogen-bond acceptors (Lipinski definition) is 3. The van der Waals surface area contributed by atoms with Crippen molar-refractivity contribution in [3.05, 3.63) is 18.5 Å². The SMILES string of the molecule is CCCCOCCCNC(=NCCCn1cccn1)NCC. The first kappa shape index (κ1) is 18.5. The van der Waals surface area contributed by atoms with Gasteiger partial charge in [-0.1, -0.05) is 13.3 Å². The molecule has 6 heteroatoms. The Labute approximate surface area is 134 Å². The van der Waals surface area contributed by atoms with E-state index in [1.54, 1.807) is 6.20 Å². The van der Waals surface area contributed by atoms with Gasteiger partial charge in [0.2, 0.25) is 0 Å². The summed E-state index contributed by atoms with van der Waals surface area (Å²) in [5.41, 5.74) is 0. The maximum atomic E-state index is 5.55. The van der Waals surface area contributed by atoms with Crippen LogP contribution in [0.3, 0.4) is 0 Å². The fraction of sp³-hybridized carbons (Fsp3) is 0.750. The molecular formula is C16H31N5O. The van der Waals surface area contributed by atoms with Gasteiger partial charge in [0.25, 0.3) is 0 Å². The van der Waals surface area contributed by atoms with Gasteiger partial charge in [-0.2, -0.15) is 5.10 Å². The first-order valence-electron chi connectivity index (χ1n) is 8.44. The first-order chi connectivity index (χ1) is 10.9. The Morgan fingerprint density at radius 1 is 1.18 bits per heavy atom. The summed E-state index contributed by atoms with van der Waals surface area (Å²) in [7, 11) is 0. The highest BCUT2D eigenvalue weighted by molar-refractivity contribution is 5.79. The standard InChI is InChI=1S/C16H31N5O/c1-3-5-14-22-15-8-10-19-16(17-4-2)18-9-6-12-21-13-7-11-20-21/h7,11,13H,3-6,8-10,12,14-15H2,1-2H3,(H2,17,18,19). The number of aryl methyl sites for hydroxylation is 1. The van der Waals surface area contributed by atoms with E-state index < -0.39 is 0 Å². The average Bonchev–Trinajstić information content (AvgIpc) is 3.03. The summed E-state index contributed by atoms with van der Waals surface area (Å²) in [5, 5.41) is 10.8. The van der Waals surface area contributed by atoms with Crippen molar-refractivity contribution in [2.24, 2.45) is 4.99 Å². The molecule has 6 nitrogen and oxygen atoms in total. The van der Waals surface area contributed by atoms with Crippen molar-refractivity contribution in [2.75, 3.05) is 32.8 Å². The van der Waals surface area contributed by atoms with Crippen LogP contribution < -0.4 is 10.6 Å². The van der Waals surface area contributed by atoms with Gasteiger partial charge in [-0.25, -0.2) is 0 Å². The molecule has 126 valence electrons. The number of hydrogen-bond donors (Lipinski definition) is 2. The summed E-state index contributed by atoms with van der Waals surface area (Å²) in [5.74, 6) is 0.886. The van der Waals surface area contributed by atoms with Gasteiger partial charge in [0.05, 0.1) is 0 Å². The first-order valence-corrected chi connectivity index (χ1v) is 8.44. The lowest BCUT2D eigenvalue weighted by molar-refractivity contribution is 0.129. The van der Waals surface area contributed by atoms with Gasteiger partial charge in [-0.3, -0.25) is 9.67 Å². The Bertz CT molecular complexity index is 378. The molecule has 0 aliphatic heterocycles. The van der Waals surface area contributed by atoms with Crippen LogP contribution in [0.4, 0.5) is 0 Å². The number of nitrogens with zero attached hydrogens (tertiary/aromatic N) is 3. The molecule has 1 rings (SSSR count). The molecule has 0 unspecified atom stereocenters. The van der Waals surface area contributed by atoms with Gasteiger partial charge in [-0.15, -0.1) is 0 Å². The third-order valence-corrected chi connectivity index (χ3v) is 3.12. The van der Waals surface area contributed by atoms with Crippen molar-refractivity contribution in [1.29, 1.82) is 0 Å². The molecule has 0 spiro atoms. The Balaban J connectivity index is 2.10. The van der Waals surface area contributed by atoms with E-state index in [9.17, 15) is 0 Å². The molecule has 0 amide bonds. The normalized spacial score (nSPS) is 11.6. The summed E-state index contributed by atoms with van der Waals surface area (Å²) in [4.78, 5) is 4.57. The molecule has 22 heavy (non-hydrogen) atoms. The van der Waals surface area contributed by atoms with Crippen molar-refractivity contribution in [2.45, 2.75) is 46.1 Å². The maximum Gasteiger partial charge on any atom is 0.191 e. The average molecular weight is 309 g/mol. The van der Waals surface area contributed by atoms with E-state index >= 15 is 0 Å². The van der Waals surface area contributed by atoms with Crippen LogP contribution >= 0.6 is 0 Å².